The van der Waals surface area contributed by atoms with E-state index in [2.05, 4.69) is 5.32 Å². The second kappa shape index (κ2) is 7.26. The summed E-state index contributed by atoms with van der Waals surface area (Å²) in [5.74, 6) is -0.492. The molecule has 2 rings (SSSR count). The van der Waals surface area contributed by atoms with Gasteiger partial charge in [-0.15, -0.1) is 12.4 Å². The Morgan fingerprint density at radius 2 is 1.90 bits per heavy atom. The van der Waals surface area contributed by atoms with Crippen LogP contribution in [-0.2, 0) is 11.3 Å². The first-order valence-corrected chi connectivity index (χ1v) is 6.41. The van der Waals surface area contributed by atoms with E-state index in [9.17, 15) is 9.59 Å². The van der Waals surface area contributed by atoms with Gasteiger partial charge in [0.25, 0.3) is 0 Å². The molecule has 1 saturated carbocycles. The van der Waals surface area contributed by atoms with Gasteiger partial charge >= 0.3 is 5.97 Å². The van der Waals surface area contributed by atoms with E-state index in [0.29, 0.717) is 18.9 Å². The molecule has 0 bridgehead atoms. The number of nitrogens with one attached hydrogen (secondary N) is 1. The van der Waals surface area contributed by atoms with Crippen LogP contribution in [0.25, 0.3) is 0 Å². The van der Waals surface area contributed by atoms with E-state index < -0.39 is 5.97 Å². The topological polar surface area (TPSA) is 92.4 Å². The lowest BCUT2D eigenvalue weighted by Gasteiger charge is -2.10. The van der Waals surface area contributed by atoms with Crippen molar-refractivity contribution in [2.45, 2.75) is 31.8 Å². The van der Waals surface area contributed by atoms with Crippen LogP contribution < -0.4 is 11.1 Å². The fourth-order valence-electron chi connectivity index (χ4n) is 1.94. The monoisotopic (exact) mass is 298 g/mol. The average Bonchev–Trinajstić information content (AvgIpc) is 3.21. The highest BCUT2D eigenvalue weighted by Gasteiger charge is 2.29. The van der Waals surface area contributed by atoms with E-state index in [-0.39, 0.29) is 29.9 Å². The maximum absolute atomic E-state index is 11.6. The molecule has 110 valence electrons. The molecular weight excluding hydrogens is 280 g/mol. The summed E-state index contributed by atoms with van der Waals surface area (Å²) in [6.45, 7) is 0.399. The van der Waals surface area contributed by atoms with Gasteiger partial charge in [0.2, 0.25) is 5.91 Å². The van der Waals surface area contributed by atoms with E-state index in [1.165, 1.54) is 12.1 Å². The molecule has 0 spiro atoms. The highest BCUT2D eigenvalue weighted by molar-refractivity contribution is 5.87. The maximum Gasteiger partial charge on any atom is 0.335 e. The van der Waals surface area contributed by atoms with Gasteiger partial charge in [0.15, 0.2) is 0 Å². The second-order valence-electron chi connectivity index (χ2n) is 4.98. The van der Waals surface area contributed by atoms with Crippen LogP contribution in [0.15, 0.2) is 24.3 Å². The van der Waals surface area contributed by atoms with E-state index in [1.807, 2.05) is 0 Å². The van der Waals surface area contributed by atoms with Gasteiger partial charge in [-0.05, 0) is 36.5 Å². The van der Waals surface area contributed by atoms with Gasteiger partial charge in [0.1, 0.15) is 0 Å². The molecule has 0 aromatic heterocycles. The summed E-state index contributed by atoms with van der Waals surface area (Å²) in [5, 5.41) is 11.6. The Hall–Kier alpha value is -1.59. The minimum atomic E-state index is -0.953. The Balaban J connectivity index is 0.00000200. The number of carbonyl (C=O) groups excluding carboxylic acids is 1. The zero-order valence-corrected chi connectivity index (χ0v) is 11.9. The first-order valence-electron chi connectivity index (χ1n) is 6.41. The SMILES string of the molecule is Cl.NC(CC(=O)NCc1ccc(C(=O)O)cc1)C1CC1. The number of hydrogen-bond acceptors (Lipinski definition) is 3. The zero-order valence-electron chi connectivity index (χ0n) is 11.0. The lowest BCUT2D eigenvalue weighted by molar-refractivity contribution is -0.121. The molecule has 1 aliphatic carbocycles. The number of rotatable bonds is 6. The van der Waals surface area contributed by atoms with Crippen molar-refractivity contribution in [1.82, 2.24) is 5.32 Å². The number of carbonyl (C=O) groups is 2. The van der Waals surface area contributed by atoms with E-state index in [0.717, 1.165) is 18.4 Å². The third-order valence-corrected chi connectivity index (χ3v) is 3.34. The number of halogens is 1. The van der Waals surface area contributed by atoms with Crippen LogP contribution >= 0.6 is 12.4 Å². The number of carboxylic acid groups (broad SMARTS) is 1. The minimum absolute atomic E-state index is 0. The third kappa shape index (κ3) is 4.83. The van der Waals surface area contributed by atoms with Crippen molar-refractivity contribution in [3.63, 3.8) is 0 Å². The lowest BCUT2D eigenvalue weighted by atomic mass is 10.1. The van der Waals surface area contributed by atoms with Crippen LogP contribution in [-0.4, -0.2) is 23.0 Å². The molecule has 1 unspecified atom stereocenters. The lowest BCUT2D eigenvalue weighted by Crippen LogP contribution is -2.32. The number of benzene rings is 1. The second-order valence-corrected chi connectivity index (χ2v) is 4.98. The largest absolute Gasteiger partial charge is 0.478 e. The number of hydrogen-bond donors (Lipinski definition) is 3. The summed E-state index contributed by atoms with van der Waals surface area (Å²) in [7, 11) is 0. The zero-order chi connectivity index (χ0) is 13.8. The van der Waals surface area contributed by atoms with Crippen molar-refractivity contribution in [3.8, 4) is 0 Å². The Kier molecular flexibility index (Phi) is 5.98. The predicted molar refractivity (Wildman–Crippen MR) is 77.8 cm³/mol. The van der Waals surface area contributed by atoms with Crippen molar-refractivity contribution in [1.29, 1.82) is 0 Å². The molecule has 0 radical (unpaired) electrons. The molecule has 1 amide bonds. The Bertz CT molecular complexity index is 472. The fourth-order valence-corrected chi connectivity index (χ4v) is 1.94. The van der Waals surface area contributed by atoms with Crippen molar-refractivity contribution in [3.05, 3.63) is 35.4 Å². The summed E-state index contributed by atoms with van der Waals surface area (Å²) in [6, 6.07) is 6.42. The van der Waals surface area contributed by atoms with Crippen LogP contribution in [0.3, 0.4) is 0 Å². The molecule has 6 heteroatoms. The maximum atomic E-state index is 11.6. The van der Waals surface area contributed by atoms with Crippen molar-refractivity contribution >= 4 is 24.3 Å². The summed E-state index contributed by atoms with van der Waals surface area (Å²) >= 11 is 0. The van der Waals surface area contributed by atoms with Gasteiger partial charge in [-0.25, -0.2) is 4.79 Å². The van der Waals surface area contributed by atoms with Crippen LogP contribution in [0.4, 0.5) is 0 Å². The van der Waals surface area contributed by atoms with Crippen molar-refractivity contribution in [2.24, 2.45) is 11.7 Å². The van der Waals surface area contributed by atoms with Gasteiger partial charge in [-0.1, -0.05) is 12.1 Å². The summed E-state index contributed by atoms with van der Waals surface area (Å²) < 4.78 is 0. The standard InChI is InChI=1S/C14H18N2O3.ClH/c15-12(10-5-6-10)7-13(17)16-8-9-1-3-11(4-2-9)14(18)19;/h1-4,10,12H,5-8,15H2,(H,16,17)(H,18,19);1H. The molecule has 1 aliphatic rings. The average molecular weight is 299 g/mol. The number of aromatic carboxylic acids is 1. The van der Waals surface area contributed by atoms with Crippen molar-refractivity contribution in [2.75, 3.05) is 0 Å². The van der Waals surface area contributed by atoms with E-state index >= 15 is 0 Å². The summed E-state index contributed by atoms with van der Waals surface area (Å²) in [6.07, 6.45) is 2.62. The quantitative estimate of drug-likeness (QED) is 0.743. The smallest absolute Gasteiger partial charge is 0.335 e. The molecule has 5 nitrogen and oxygen atoms in total. The first-order chi connectivity index (χ1) is 9.06. The first kappa shape index (κ1) is 16.5. The Morgan fingerprint density at radius 1 is 1.30 bits per heavy atom. The van der Waals surface area contributed by atoms with Crippen LogP contribution in [0.2, 0.25) is 0 Å². The normalized spacial score (nSPS) is 15.1. The molecule has 1 fully saturated rings. The van der Waals surface area contributed by atoms with E-state index in [1.54, 1.807) is 12.1 Å². The highest BCUT2D eigenvalue weighted by Crippen LogP contribution is 2.32. The Morgan fingerprint density at radius 3 is 2.40 bits per heavy atom. The molecule has 0 aliphatic heterocycles. The molecule has 1 atom stereocenters. The molecule has 1 aromatic rings. The number of carboxylic acids is 1. The van der Waals surface area contributed by atoms with E-state index in [4.69, 9.17) is 10.8 Å². The number of nitrogens with two attached hydrogens (primary N) is 1. The predicted octanol–water partition coefficient (Wildman–Crippen LogP) is 1.55. The Labute approximate surface area is 124 Å². The third-order valence-electron chi connectivity index (χ3n) is 3.34. The van der Waals surface area contributed by atoms with Gasteiger partial charge in [0, 0.05) is 19.0 Å². The van der Waals surface area contributed by atoms with Crippen molar-refractivity contribution < 1.29 is 14.7 Å². The van der Waals surface area contributed by atoms with Gasteiger partial charge < -0.3 is 16.2 Å². The van der Waals surface area contributed by atoms with Crippen LogP contribution in [0, 0.1) is 5.92 Å². The molecule has 0 heterocycles. The highest BCUT2D eigenvalue weighted by atomic mass is 35.5. The summed E-state index contributed by atoms with van der Waals surface area (Å²) in [4.78, 5) is 22.3. The molecule has 20 heavy (non-hydrogen) atoms. The molecule has 0 saturated heterocycles. The molecular formula is C14H19ClN2O3. The molecule has 4 N–H and O–H groups in total. The number of amides is 1. The fraction of sp³-hybridized carbons (Fsp3) is 0.429. The van der Waals surface area contributed by atoms with Gasteiger partial charge in [0.05, 0.1) is 5.56 Å². The summed E-state index contributed by atoms with van der Waals surface area (Å²) in [5.41, 5.74) is 6.99. The molecule has 1 aromatic carbocycles. The van der Waals surface area contributed by atoms with Gasteiger partial charge in [-0.2, -0.15) is 0 Å². The minimum Gasteiger partial charge on any atom is -0.478 e. The van der Waals surface area contributed by atoms with Gasteiger partial charge in [-0.3, -0.25) is 4.79 Å². The van der Waals surface area contributed by atoms with Crippen LogP contribution in [0.1, 0.15) is 35.2 Å². The van der Waals surface area contributed by atoms with Crippen LogP contribution in [0.5, 0.6) is 0 Å².